The van der Waals surface area contributed by atoms with Gasteiger partial charge in [0.1, 0.15) is 11.4 Å². The third-order valence-corrected chi connectivity index (χ3v) is 3.22. The van der Waals surface area contributed by atoms with Crippen LogP contribution in [0.25, 0.3) is 0 Å². The van der Waals surface area contributed by atoms with Crippen LogP contribution in [0.5, 0.6) is 5.75 Å². The van der Waals surface area contributed by atoms with Crippen molar-refractivity contribution in [3.63, 3.8) is 0 Å². The van der Waals surface area contributed by atoms with Crippen molar-refractivity contribution in [2.24, 2.45) is 7.05 Å². The number of carbonyl (C=O) groups excluding carboxylic acids is 1. The molecule has 0 aliphatic rings. The molecule has 0 atom stereocenters. The standard InChI is InChI=1S/C14H12BrN3O2/c1-18-8-10(15)6-12(18)14(19)17-11-4-3-9(7-16)5-13(11)20-2/h3-6,8H,1-2H3,(H,17,19). The first-order valence-electron chi connectivity index (χ1n) is 5.76. The highest BCUT2D eigenvalue weighted by atomic mass is 79.9. The lowest BCUT2D eigenvalue weighted by molar-refractivity contribution is 0.101. The Balaban J connectivity index is 2.28. The van der Waals surface area contributed by atoms with Gasteiger partial charge in [-0.15, -0.1) is 0 Å². The number of methoxy groups -OCH3 is 1. The first-order chi connectivity index (χ1) is 9.55. The predicted molar refractivity (Wildman–Crippen MR) is 78.8 cm³/mol. The number of carbonyl (C=O) groups is 1. The summed E-state index contributed by atoms with van der Waals surface area (Å²) in [4.78, 5) is 12.2. The molecular formula is C14H12BrN3O2. The molecule has 1 N–H and O–H groups in total. The third-order valence-electron chi connectivity index (χ3n) is 2.78. The molecule has 5 nitrogen and oxygen atoms in total. The van der Waals surface area contributed by atoms with E-state index in [9.17, 15) is 4.79 Å². The number of ether oxygens (including phenoxy) is 1. The Morgan fingerprint density at radius 2 is 2.20 bits per heavy atom. The van der Waals surface area contributed by atoms with E-state index in [1.54, 1.807) is 42.1 Å². The first kappa shape index (κ1) is 14.2. The number of amides is 1. The Bertz CT molecular complexity index is 701. The largest absolute Gasteiger partial charge is 0.495 e. The van der Waals surface area contributed by atoms with Crippen molar-refractivity contribution in [3.05, 3.63) is 46.2 Å². The van der Waals surface area contributed by atoms with Crippen molar-refractivity contribution in [1.82, 2.24) is 4.57 Å². The number of hydrogen-bond acceptors (Lipinski definition) is 3. The van der Waals surface area contributed by atoms with Crippen molar-refractivity contribution in [1.29, 1.82) is 5.26 Å². The highest BCUT2D eigenvalue weighted by Gasteiger charge is 2.13. The van der Waals surface area contributed by atoms with Crippen LogP contribution in [0.2, 0.25) is 0 Å². The van der Waals surface area contributed by atoms with Crippen molar-refractivity contribution in [2.75, 3.05) is 12.4 Å². The zero-order chi connectivity index (χ0) is 14.7. The van der Waals surface area contributed by atoms with E-state index in [-0.39, 0.29) is 5.91 Å². The van der Waals surface area contributed by atoms with Gasteiger partial charge in [0.05, 0.1) is 24.4 Å². The van der Waals surface area contributed by atoms with Gasteiger partial charge in [0.2, 0.25) is 0 Å². The molecule has 0 bridgehead atoms. The normalized spacial score (nSPS) is 9.90. The summed E-state index contributed by atoms with van der Waals surface area (Å²) in [6.07, 6.45) is 1.80. The summed E-state index contributed by atoms with van der Waals surface area (Å²) in [5.41, 5.74) is 1.51. The molecule has 1 amide bonds. The Labute approximate surface area is 124 Å². The minimum absolute atomic E-state index is 0.249. The fraction of sp³-hybridized carbons (Fsp3) is 0.143. The average Bonchev–Trinajstić information content (AvgIpc) is 2.78. The summed E-state index contributed by atoms with van der Waals surface area (Å²) >= 11 is 3.32. The number of benzene rings is 1. The lowest BCUT2D eigenvalue weighted by Gasteiger charge is -2.10. The molecular weight excluding hydrogens is 322 g/mol. The minimum atomic E-state index is -0.249. The van der Waals surface area contributed by atoms with Crippen molar-refractivity contribution >= 4 is 27.5 Å². The number of halogens is 1. The highest BCUT2D eigenvalue weighted by Crippen LogP contribution is 2.26. The molecule has 20 heavy (non-hydrogen) atoms. The summed E-state index contributed by atoms with van der Waals surface area (Å²) in [6.45, 7) is 0. The second kappa shape index (κ2) is 5.80. The maximum absolute atomic E-state index is 12.2. The minimum Gasteiger partial charge on any atom is -0.495 e. The smallest absolute Gasteiger partial charge is 0.272 e. The first-order valence-corrected chi connectivity index (χ1v) is 6.56. The molecule has 0 radical (unpaired) electrons. The zero-order valence-electron chi connectivity index (χ0n) is 11.0. The molecule has 1 heterocycles. The van der Waals surface area contributed by atoms with Gasteiger partial charge in [-0.25, -0.2) is 0 Å². The van der Waals surface area contributed by atoms with Crippen LogP contribution in [0.1, 0.15) is 16.1 Å². The van der Waals surface area contributed by atoms with E-state index in [2.05, 4.69) is 21.2 Å². The van der Waals surface area contributed by atoms with Crippen LogP contribution in [0.3, 0.4) is 0 Å². The monoisotopic (exact) mass is 333 g/mol. The average molecular weight is 334 g/mol. The Morgan fingerprint density at radius 1 is 1.45 bits per heavy atom. The fourth-order valence-electron chi connectivity index (χ4n) is 1.80. The number of rotatable bonds is 3. The molecule has 0 saturated carbocycles. The molecule has 2 rings (SSSR count). The van der Waals surface area contributed by atoms with Gasteiger partial charge >= 0.3 is 0 Å². The van der Waals surface area contributed by atoms with E-state index < -0.39 is 0 Å². The molecule has 2 aromatic rings. The number of hydrogen-bond donors (Lipinski definition) is 1. The van der Waals surface area contributed by atoms with E-state index in [0.717, 1.165) is 4.47 Å². The van der Waals surface area contributed by atoms with Gasteiger partial charge in [0.15, 0.2) is 0 Å². The van der Waals surface area contributed by atoms with E-state index in [1.165, 1.54) is 7.11 Å². The molecule has 1 aromatic carbocycles. The molecule has 0 saturated heterocycles. The quantitative estimate of drug-likeness (QED) is 0.938. The lowest BCUT2D eigenvalue weighted by atomic mass is 10.2. The van der Waals surface area contributed by atoms with Gasteiger partial charge in [-0.1, -0.05) is 0 Å². The van der Waals surface area contributed by atoms with E-state index in [0.29, 0.717) is 22.7 Å². The molecule has 0 aliphatic heterocycles. The van der Waals surface area contributed by atoms with Gasteiger partial charge in [-0.05, 0) is 34.1 Å². The third kappa shape index (κ3) is 2.83. The van der Waals surface area contributed by atoms with E-state index in [4.69, 9.17) is 10.00 Å². The number of nitrogens with zero attached hydrogens (tertiary/aromatic N) is 2. The summed E-state index contributed by atoms with van der Waals surface area (Å²) < 4.78 is 7.73. The predicted octanol–water partition coefficient (Wildman–Crippen LogP) is 2.92. The number of anilines is 1. The van der Waals surface area contributed by atoms with E-state index in [1.807, 2.05) is 6.07 Å². The molecule has 1 aromatic heterocycles. The van der Waals surface area contributed by atoms with Crippen LogP contribution in [0, 0.1) is 11.3 Å². The maximum atomic E-state index is 12.2. The van der Waals surface area contributed by atoms with Crippen LogP contribution < -0.4 is 10.1 Å². The number of aromatic nitrogens is 1. The van der Waals surface area contributed by atoms with Crippen molar-refractivity contribution in [2.45, 2.75) is 0 Å². The van der Waals surface area contributed by atoms with Crippen molar-refractivity contribution < 1.29 is 9.53 Å². The van der Waals surface area contributed by atoms with Crippen molar-refractivity contribution in [3.8, 4) is 11.8 Å². The van der Waals surface area contributed by atoms with Crippen LogP contribution in [0.4, 0.5) is 5.69 Å². The molecule has 0 fully saturated rings. The Morgan fingerprint density at radius 3 is 2.75 bits per heavy atom. The number of nitrogens with one attached hydrogen (secondary N) is 1. The Hall–Kier alpha value is -2.26. The zero-order valence-corrected chi connectivity index (χ0v) is 12.6. The number of aryl methyl sites for hydroxylation is 1. The second-order valence-electron chi connectivity index (χ2n) is 4.14. The molecule has 0 aliphatic carbocycles. The lowest BCUT2D eigenvalue weighted by Crippen LogP contribution is -2.15. The second-order valence-corrected chi connectivity index (χ2v) is 5.05. The summed E-state index contributed by atoms with van der Waals surface area (Å²) in [5, 5.41) is 11.6. The molecule has 0 unspecified atom stereocenters. The van der Waals surface area contributed by atoms with Gasteiger partial charge in [-0.2, -0.15) is 5.26 Å². The van der Waals surface area contributed by atoms with Crippen LogP contribution >= 0.6 is 15.9 Å². The SMILES string of the molecule is COc1cc(C#N)ccc1NC(=O)c1cc(Br)cn1C. The van der Waals surface area contributed by atoms with Crippen LogP contribution in [-0.4, -0.2) is 17.6 Å². The van der Waals surface area contributed by atoms with Crippen LogP contribution in [0.15, 0.2) is 34.9 Å². The Kier molecular flexibility index (Phi) is 4.11. The highest BCUT2D eigenvalue weighted by molar-refractivity contribution is 9.10. The summed E-state index contributed by atoms with van der Waals surface area (Å²) in [7, 11) is 3.28. The maximum Gasteiger partial charge on any atom is 0.272 e. The molecule has 102 valence electrons. The van der Waals surface area contributed by atoms with Gasteiger partial charge in [0, 0.05) is 23.8 Å². The van der Waals surface area contributed by atoms with Gasteiger partial charge in [0.25, 0.3) is 5.91 Å². The fourth-order valence-corrected chi connectivity index (χ4v) is 2.32. The van der Waals surface area contributed by atoms with Gasteiger partial charge < -0.3 is 14.6 Å². The van der Waals surface area contributed by atoms with Crippen LogP contribution in [-0.2, 0) is 7.05 Å². The molecule has 6 heteroatoms. The summed E-state index contributed by atoms with van der Waals surface area (Å²) in [5.74, 6) is 0.201. The summed E-state index contributed by atoms with van der Waals surface area (Å²) in [6, 6.07) is 8.60. The molecule has 0 spiro atoms. The van der Waals surface area contributed by atoms with E-state index >= 15 is 0 Å². The number of nitriles is 1. The topological polar surface area (TPSA) is 67.0 Å². The van der Waals surface area contributed by atoms with Gasteiger partial charge in [-0.3, -0.25) is 4.79 Å².